The summed E-state index contributed by atoms with van der Waals surface area (Å²) in [6.45, 7) is -0.530. The van der Waals surface area contributed by atoms with Crippen LogP contribution in [0.1, 0.15) is 12.8 Å². The third-order valence-corrected chi connectivity index (χ3v) is 5.07. The molecule has 0 bridgehead atoms. The number of carbonyl (C=O) groups is 1. The number of carboxylic acids is 1. The molecule has 98 valence electrons. The lowest BCUT2D eigenvalue weighted by atomic mass is 10.4. The Morgan fingerprint density at radius 3 is 2.50 bits per heavy atom. The average Bonchev–Trinajstić information content (AvgIpc) is 3.09. The van der Waals surface area contributed by atoms with Gasteiger partial charge in [-0.2, -0.15) is 4.31 Å². The molecule has 0 amide bonds. The zero-order chi connectivity index (χ0) is 13.3. The molecule has 0 spiro atoms. The molecule has 0 aromatic heterocycles. The van der Waals surface area contributed by atoms with Crippen LogP contribution in [0, 0.1) is 0 Å². The van der Waals surface area contributed by atoms with Crippen molar-refractivity contribution in [1.82, 2.24) is 4.31 Å². The number of nitrogens with zero attached hydrogens (tertiary/aromatic N) is 1. The summed E-state index contributed by atoms with van der Waals surface area (Å²) >= 11 is 5.86. The van der Waals surface area contributed by atoms with Gasteiger partial charge in [-0.25, -0.2) is 8.42 Å². The zero-order valence-corrected chi connectivity index (χ0v) is 11.0. The summed E-state index contributed by atoms with van der Waals surface area (Å²) in [4.78, 5) is 10.7. The molecule has 1 aromatic carbocycles. The maximum atomic E-state index is 12.3. The molecule has 1 aliphatic carbocycles. The Morgan fingerprint density at radius 2 is 2.00 bits per heavy atom. The molecule has 0 saturated heterocycles. The van der Waals surface area contributed by atoms with Gasteiger partial charge in [0, 0.05) is 6.04 Å². The van der Waals surface area contributed by atoms with Gasteiger partial charge in [0.2, 0.25) is 10.0 Å². The SMILES string of the molecule is O=C(O)CN(C1CC1)S(=O)(=O)c1ccccc1Cl. The fraction of sp³-hybridized carbons (Fsp3) is 0.364. The van der Waals surface area contributed by atoms with Crippen molar-refractivity contribution in [3.05, 3.63) is 29.3 Å². The molecule has 1 N–H and O–H groups in total. The molecule has 1 aliphatic rings. The van der Waals surface area contributed by atoms with Gasteiger partial charge >= 0.3 is 5.97 Å². The lowest BCUT2D eigenvalue weighted by Crippen LogP contribution is -2.37. The van der Waals surface area contributed by atoms with Crippen LogP contribution in [0.5, 0.6) is 0 Å². The molecule has 0 radical (unpaired) electrons. The van der Waals surface area contributed by atoms with E-state index >= 15 is 0 Å². The maximum absolute atomic E-state index is 12.3. The first-order valence-electron chi connectivity index (χ1n) is 5.41. The van der Waals surface area contributed by atoms with Crippen molar-refractivity contribution in [3.63, 3.8) is 0 Å². The van der Waals surface area contributed by atoms with E-state index < -0.39 is 22.5 Å². The first-order valence-corrected chi connectivity index (χ1v) is 7.23. The van der Waals surface area contributed by atoms with E-state index in [0.717, 1.165) is 4.31 Å². The highest BCUT2D eigenvalue weighted by Crippen LogP contribution is 2.33. The van der Waals surface area contributed by atoms with E-state index in [9.17, 15) is 13.2 Å². The highest BCUT2D eigenvalue weighted by Gasteiger charge is 2.39. The number of rotatable bonds is 5. The third kappa shape index (κ3) is 2.66. The molecular weight excluding hydrogens is 278 g/mol. The first-order chi connectivity index (χ1) is 8.43. The summed E-state index contributed by atoms with van der Waals surface area (Å²) < 4.78 is 25.7. The van der Waals surface area contributed by atoms with Gasteiger partial charge in [0.15, 0.2) is 0 Å². The molecule has 18 heavy (non-hydrogen) atoms. The number of aliphatic carboxylic acids is 1. The van der Waals surface area contributed by atoms with E-state index in [1.165, 1.54) is 12.1 Å². The van der Waals surface area contributed by atoms with Crippen LogP contribution >= 0.6 is 11.6 Å². The maximum Gasteiger partial charge on any atom is 0.318 e. The molecule has 1 aromatic rings. The van der Waals surface area contributed by atoms with Crippen molar-refractivity contribution in [3.8, 4) is 0 Å². The Morgan fingerprint density at radius 1 is 1.39 bits per heavy atom. The molecule has 0 atom stereocenters. The topological polar surface area (TPSA) is 74.7 Å². The van der Waals surface area contributed by atoms with Gasteiger partial charge in [-0.1, -0.05) is 23.7 Å². The Labute approximate surface area is 110 Å². The summed E-state index contributed by atoms with van der Waals surface area (Å²) in [7, 11) is -3.84. The van der Waals surface area contributed by atoms with Crippen LogP contribution in [0.15, 0.2) is 29.2 Å². The second kappa shape index (κ2) is 4.87. The fourth-order valence-corrected chi connectivity index (χ4v) is 3.82. The van der Waals surface area contributed by atoms with Crippen molar-refractivity contribution >= 4 is 27.6 Å². The lowest BCUT2D eigenvalue weighted by Gasteiger charge is -2.20. The van der Waals surface area contributed by atoms with Crippen LogP contribution in [0.25, 0.3) is 0 Å². The summed E-state index contributed by atoms with van der Waals surface area (Å²) in [5, 5.41) is 8.91. The van der Waals surface area contributed by atoms with E-state index in [-0.39, 0.29) is 16.0 Å². The van der Waals surface area contributed by atoms with E-state index in [1.807, 2.05) is 0 Å². The van der Waals surface area contributed by atoms with Crippen molar-refractivity contribution in [2.75, 3.05) is 6.54 Å². The molecule has 5 nitrogen and oxygen atoms in total. The van der Waals surface area contributed by atoms with E-state index in [0.29, 0.717) is 12.8 Å². The number of halogens is 1. The van der Waals surface area contributed by atoms with Crippen molar-refractivity contribution in [2.24, 2.45) is 0 Å². The quantitative estimate of drug-likeness (QED) is 0.893. The van der Waals surface area contributed by atoms with Gasteiger partial charge in [0.05, 0.1) is 5.02 Å². The number of carboxylic acid groups (broad SMARTS) is 1. The summed E-state index contributed by atoms with van der Waals surface area (Å²) in [5.74, 6) is -1.17. The van der Waals surface area contributed by atoms with Crippen molar-refractivity contribution < 1.29 is 18.3 Å². The van der Waals surface area contributed by atoms with Crippen LogP contribution in [0.4, 0.5) is 0 Å². The number of sulfonamides is 1. The Bertz CT molecular complexity index is 568. The number of hydrogen-bond donors (Lipinski definition) is 1. The fourth-order valence-electron chi connectivity index (χ4n) is 1.69. The van der Waals surface area contributed by atoms with Crippen molar-refractivity contribution in [2.45, 2.75) is 23.8 Å². The molecule has 7 heteroatoms. The minimum absolute atomic E-state index is 0.0418. The van der Waals surface area contributed by atoms with E-state index in [2.05, 4.69) is 0 Å². The minimum atomic E-state index is -3.84. The predicted octanol–water partition coefficient (Wildman–Crippen LogP) is 1.58. The van der Waals surface area contributed by atoms with Crippen LogP contribution in [-0.4, -0.2) is 36.4 Å². The molecule has 0 aliphatic heterocycles. The highest BCUT2D eigenvalue weighted by atomic mass is 35.5. The molecular formula is C11H12ClNO4S. The average molecular weight is 290 g/mol. The number of hydrogen-bond acceptors (Lipinski definition) is 3. The predicted molar refractivity (Wildman–Crippen MR) is 66.0 cm³/mol. The van der Waals surface area contributed by atoms with Gasteiger partial charge < -0.3 is 5.11 Å². The number of benzene rings is 1. The smallest absolute Gasteiger partial charge is 0.318 e. The van der Waals surface area contributed by atoms with Gasteiger partial charge in [-0.3, -0.25) is 4.79 Å². The molecule has 0 unspecified atom stereocenters. The van der Waals surface area contributed by atoms with Gasteiger partial charge in [0.1, 0.15) is 11.4 Å². The monoisotopic (exact) mass is 289 g/mol. The molecule has 1 saturated carbocycles. The van der Waals surface area contributed by atoms with Crippen molar-refractivity contribution in [1.29, 1.82) is 0 Å². The Balaban J connectivity index is 2.39. The molecule has 2 rings (SSSR count). The van der Waals surface area contributed by atoms with E-state index in [4.69, 9.17) is 16.7 Å². The third-order valence-electron chi connectivity index (χ3n) is 2.67. The summed E-state index contributed by atoms with van der Waals surface area (Å²) in [5.41, 5.74) is 0. The van der Waals surface area contributed by atoms with Crippen LogP contribution < -0.4 is 0 Å². The van der Waals surface area contributed by atoms with Crippen LogP contribution in [0.3, 0.4) is 0 Å². The standard InChI is InChI=1S/C11H12ClNO4S/c12-9-3-1-2-4-10(9)18(16,17)13(7-11(14)15)8-5-6-8/h1-4,8H,5-7H2,(H,14,15). The molecule has 0 heterocycles. The first kappa shape index (κ1) is 13.3. The normalized spacial score (nSPS) is 15.9. The summed E-state index contributed by atoms with van der Waals surface area (Å²) in [6, 6.07) is 5.82. The van der Waals surface area contributed by atoms with Gasteiger partial charge in [-0.15, -0.1) is 0 Å². The van der Waals surface area contributed by atoms with Gasteiger partial charge in [0.25, 0.3) is 0 Å². The van der Waals surface area contributed by atoms with Gasteiger partial charge in [-0.05, 0) is 25.0 Å². The Hall–Kier alpha value is -1.11. The molecule has 1 fully saturated rings. The minimum Gasteiger partial charge on any atom is -0.480 e. The Kier molecular flexibility index (Phi) is 3.61. The lowest BCUT2D eigenvalue weighted by molar-refractivity contribution is -0.137. The largest absolute Gasteiger partial charge is 0.480 e. The second-order valence-electron chi connectivity index (χ2n) is 4.11. The van der Waals surface area contributed by atoms with Crippen LogP contribution in [-0.2, 0) is 14.8 Å². The van der Waals surface area contributed by atoms with E-state index in [1.54, 1.807) is 12.1 Å². The summed E-state index contributed by atoms with van der Waals surface area (Å²) in [6.07, 6.45) is 1.38. The zero-order valence-electron chi connectivity index (χ0n) is 9.41. The van der Waals surface area contributed by atoms with Crippen LogP contribution in [0.2, 0.25) is 5.02 Å². The second-order valence-corrected chi connectivity index (χ2v) is 6.37. The highest BCUT2D eigenvalue weighted by molar-refractivity contribution is 7.89.